The molecule has 2 aromatic rings. The smallest absolute Gasteiger partial charge is 0.146 e. The second-order valence-corrected chi connectivity index (χ2v) is 4.96. The Kier molecular flexibility index (Phi) is 2.82. The number of rotatable bonds is 4. The Balaban J connectivity index is 1.63. The molecular weight excluding hydrogens is 229 g/mol. The van der Waals surface area contributed by atoms with Gasteiger partial charge in [-0.25, -0.2) is 4.39 Å². The Bertz CT molecular complexity index is 549. The molecule has 1 N–H and O–H groups in total. The molecule has 2 nitrogen and oxygen atoms in total. The van der Waals surface area contributed by atoms with Crippen molar-refractivity contribution in [1.82, 2.24) is 0 Å². The normalized spacial score (nSPS) is 21.9. The molecule has 3 heteroatoms. The maximum Gasteiger partial charge on any atom is 0.146 e. The van der Waals surface area contributed by atoms with Crippen LogP contribution in [-0.4, -0.2) is 0 Å². The summed E-state index contributed by atoms with van der Waals surface area (Å²) in [5.74, 6) is 3.01. The van der Waals surface area contributed by atoms with E-state index in [2.05, 4.69) is 12.2 Å². The monoisotopic (exact) mass is 245 g/mol. The van der Waals surface area contributed by atoms with Crippen molar-refractivity contribution in [2.45, 2.75) is 25.8 Å². The van der Waals surface area contributed by atoms with Crippen LogP contribution in [0.3, 0.4) is 0 Å². The highest BCUT2D eigenvalue weighted by molar-refractivity contribution is 5.44. The first-order valence-corrected chi connectivity index (χ1v) is 6.31. The minimum atomic E-state index is -0.236. The van der Waals surface area contributed by atoms with Crippen molar-refractivity contribution in [2.24, 2.45) is 5.92 Å². The third-order valence-corrected chi connectivity index (χ3v) is 3.48. The van der Waals surface area contributed by atoms with Crippen LogP contribution in [0.1, 0.15) is 30.8 Å². The minimum Gasteiger partial charge on any atom is -0.464 e. The Morgan fingerprint density at radius 2 is 2.06 bits per heavy atom. The van der Waals surface area contributed by atoms with Gasteiger partial charge in [-0.3, -0.25) is 0 Å². The highest BCUT2D eigenvalue weighted by Crippen LogP contribution is 2.47. The van der Waals surface area contributed by atoms with E-state index in [9.17, 15) is 4.39 Å². The fourth-order valence-corrected chi connectivity index (χ4v) is 2.19. The van der Waals surface area contributed by atoms with E-state index in [4.69, 9.17) is 4.42 Å². The summed E-state index contributed by atoms with van der Waals surface area (Å²) in [6.45, 7) is 2.74. The van der Waals surface area contributed by atoms with Crippen LogP contribution in [0.15, 0.2) is 40.8 Å². The van der Waals surface area contributed by atoms with Gasteiger partial charge in [0, 0.05) is 5.92 Å². The predicted molar refractivity (Wildman–Crippen MR) is 69.0 cm³/mol. The van der Waals surface area contributed by atoms with Gasteiger partial charge in [0.1, 0.15) is 17.3 Å². The van der Waals surface area contributed by atoms with Crippen LogP contribution in [0.4, 0.5) is 10.1 Å². The minimum absolute atomic E-state index is 0.236. The van der Waals surface area contributed by atoms with Crippen molar-refractivity contribution in [3.8, 4) is 0 Å². The molecule has 0 radical (unpaired) electrons. The zero-order chi connectivity index (χ0) is 12.5. The Hall–Kier alpha value is -1.77. The van der Waals surface area contributed by atoms with Crippen molar-refractivity contribution in [2.75, 3.05) is 5.32 Å². The molecular formula is C15H16FNO. The van der Waals surface area contributed by atoms with Gasteiger partial charge in [0.2, 0.25) is 0 Å². The lowest BCUT2D eigenvalue weighted by Crippen LogP contribution is -1.99. The summed E-state index contributed by atoms with van der Waals surface area (Å²) in [5, 5.41) is 3.04. The molecule has 0 saturated heterocycles. The first kappa shape index (κ1) is 11.3. The highest BCUT2D eigenvalue weighted by Gasteiger charge is 2.36. The number of hydrogen-bond donors (Lipinski definition) is 1. The van der Waals surface area contributed by atoms with Crippen molar-refractivity contribution in [3.63, 3.8) is 0 Å². The van der Waals surface area contributed by atoms with Crippen LogP contribution in [0.2, 0.25) is 0 Å². The summed E-state index contributed by atoms with van der Waals surface area (Å²) in [6.07, 6.45) is 1.22. The molecule has 0 aliphatic heterocycles. The van der Waals surface area contributed by atoms with E-state index in [1.54, 1.807) is 12.1 Å². The van der Waals surface area contributed by atoms with Gasteiger partial charge in [-0.05, 0) is 36.6 Å². The summed E-state index contributed by atoms with van der Waals surface area (Å²) < 4.78 is 19.1. The molecule has 1 heterocycles. The van der Waals surface area contributed by atoms with Gasteiger partial charge in [-0.15, -0.1) is 0 Å². The molecule has 1 aromatic carbocycles. The van der Waals surface area contributed by atoms with Crippen LogP contribution >= 0.6 is 0 Å². The maximum atomic E-state index is 13.4. The molecule has 18 heavy (non-hydrogen) atoms. The van der Waals surface area contributed by atoms with E-state index in [0.717, 1.165) is 17.4 Å². The molecule has 1 aliphatic carbocycles. The third kappa shape index (κ3) is 2.26. The number of nitrogens with one attached hydrogen (secondary N) is 1. The maximum absolute atomic E-state index is 13.4. The summed E-state index contributed by atoms with van der Waals surface area (Å²) in [4.78, 5) is 0. The second-order valence-electron chi connectivity index (χ2n) is 4.96. The lowest BCUT2D eigenvalue weighted by molar-refractivity contribution is 0.467. The van der Waals surface area contributed by atoms with Crippen LogP contribution in [-0.2, 0) is 6.54 Å². The van der Waals surface area contributed by atoms with Gasteiger partial charge in [0.25, 0.3) is 0 Å². The number of furan rings is 1. The molecule has 1 aromatic heterocycles. The van der Waals surface area contributed by atoms with E-state index in [0.29, 0.717) is 18.2 Å². The van der Waals surface area contributed by atoms with Gasteiger partial charge >= 0.3 is 0 Å². The average molecular weight is 245 g/mol. The summed E-state index contributed by atoms with van der Waals surface area (Å²) in [5.41, 5.74) is 0.509. The van der Waals surface area contributed by atoms with Crippen LogP contribution in [0.25, 0.3) is 0 Å². The van der Waals surface area contributed by atoms with E-state index in [1.807, 2.05) is 18.2 Å². The van der Waals surface area contributed by atoms with Gasteiger partial charge in [0.15, 0.2) is 0 Å². The molecule has 1 saturated carbocycles. The number of para-hydroxylation sites is 1. The first-order valence-electron chi connectivity index (χ1n) is 6.31. The summed E-state index contributed by atoms with van der Waals surface area (Å²) in [7, 11) is 0. The zero-order valence-corrected chi connectivity index (χ0v) is 10.3. The largest absolute Gasteiger partial charge is 0.464 e. The molecule has 0 amide bonds. The van der Waals surface area contributed by atoms with Gasteiger partial charge in [-0.2, -0.15) is 0 Å². The van der Waals surface area contributed by atoms with Crippen LogP contribution in [0.5, 0.6) is 0 Å². The number of benzene rings is 1. The van der Waals surface area contributed by atoms with Gasteiger partial charge in [-0.1, -0.05) is 19.1 Å². The predicted octanol–water partition coefficient (Wildman–Crippen LogP) is 4.15. The average Bonchev–Trinajstić information content (AvgIpc) is 2.91. The zero-order valence-electron chi connectivity index (χ0n) is 10.3. The second kappa shape index (κ2) is 4.48. The molecule has 2 atom stereocenters. The standard InChI is InChI=1S/C15H16FNO/c1-10-8-12(10)15-7-6-11(18-15)9-17-14-5-3-2-4-13(14)16/h2-7,10,12,17H,8-9H2,1H3. The van der Waals surface area contributed by atoms with Gasteiger partial charge in [0.05, 0.1) is 12.2 Å². The Morgan fingerprint density at radius 1 is 1.28 bits per heavy atom. The molecule has 3 rings (SSSR count). The quantitative estimate of drug-likeness (QED) is 0.875. The fourth-order valence-electron chi connectivity index (χ4n) is 2.19. The van der Waals surface area contributed by atoms with Crippen molar-refractivity contribution < 1.29 is 8.81 Å². The fraction of sp³-hybridized carbons (Fsp3) is 0.333. The Morgan fingerprint density at radius 3 is 2.78 bits per heavy atom. The van der Waals surface area contributed by atoms with Crippen molar-refractivity contribution in [3.05, 3.63) is 53.7 Å². The molecule has 1 aliphatic rings. The SMILES string of the molecule is CC1CC1c1ccc(CNc2ccccc2F)o1. The van der Waals surface area contributed by atoms with E-state index in [-0.39, 0.29) is 5.82 Å². The van der Waals surface area contributed by atoms with Crippen molar-refractivity contribution >= 4 is 5.69 Å². The molecule has 2 unspecified atom stereocenters. The number of hydrogen-bond acceptors (Lipinski definition) is 2. The van der Waals surface area contributed by atoms with E-state index < -0.39 is 0 Å². The molecule has 0 spiro atoms. The summed E-state index contributed by atoms with van der Waals surface area (Å²) in [6, 6.07) is 10.7. The van der Waals surface area contributed by atoms with Gasteiger partial charge < -0.3 is 9.73 Å². The number of halogens is 1. The third-order valence-electron chi connectivity index (χ3n) is 3.48. The molecule has 1 fully saturated rings. The van der Waals surface area contributed by atoms with Crippen molar-refractivity contribution in [1.29, 1.82) is 0 Å². The number of anilines is 1. The lowest BCUT2D eigenvalue weighted by atomic mass is 10.3. The van der Waals surface area contributed by atoms with Crippen LogP contribution in [0, 0.1) is 11.7 Å². The van der Waals surface area contributed by atoms with E-state index in [1.165, 1.54) is 12.5 Å². The van der Waals surface area contributed by atoms with E-state index >= 15 is 0 Å². The molecule has 94 valence electrons. The van der Waals surface area contributed by atoms with Crippen LogP contribution < -0.4 is 5.32 Å². The topological polar surface area (TPSA) is 25.2 Å². The molecule has 0 bridgehead atoms. The highest BCUT2D eigenvalue weighted by atomic mass is 19.1. The summed E-state index contributed by atoms with van der Waals surface area (Å²) >= 11 is 0. The Labute approximate surface area is 106 Å². The lowest BCUT2D eigenvalue weighted by Gasteiger charge is -2.05. The first-order chi connectivity index (χ1) is 8.74.